The van der Waals surface area contributed by atoms with E-state index in [0.717, 1.165) is 16.9 Å². The zero-order valence-corrected chi connectivity index (χ0v) is 22.2. The summed E-state index contributed by atoms with van der Waals surface area (Å²) in [5, 5.41) is 28.9. The second-order valence-electron chi connectivity index (χ2n) is 7.58. The lowest BCUT2D eigenvalue weighted by atomic mass is 10.0. The first-order valence-electron chi connectivity index (χ1n) is 10.5. The van der Waals surface area contributed by atoms with Gasteiger partial charge in [-0.25, -0.2) is 14.8 Å². The first-order chi connectivity index (χ1) is 17.9. The van der Waals surface area contributed by atoms with Crippen molar-refractivity contribution < 1.29 is 24.3 Å². The maximum absolute atomic E-state index is 13.0. The predicted molar refractivity (Wildman–Crippen MR) is 140 cm³/mol. The number of amides is 2. The molecule has 0 unspecified atom stereocenters. The van der Waals surface area contributed by atoms with Crippen LogP contribution in [0.25, 0.3) is 11.4 Å². The number of aliphatic carboxylic acids is 1. The molecule has 1 fully saturated rings. The van der Waals surface area contributed by atoms with Gasteiger partial charge in [0.25, 0.3) is 11.8 Å². The molecular weight excluding hydrogens is 561 g/mol. The van der Waals surface area contributed by atoms with Gasteiger partial charge in [-0.15, -0.1) is 28.2 Å². The first-order valence-corrected chi connectivity index (χ1v) is 14.3. The van der Waals surface area contributed by atoms with E-state index < -0.39 is 29.2 Å². The molecule has 1 saturated heterocycles. The molecule has 0 aromatic carbocycles. The highest BCUT2D eigenvalue weighted by atomic mass is 32.2. The molecule has 13 nitrogen and oxygen atoms in total. The smallest absolute Gasteiger partial charge is 0.352 e. The molecule has 2 amide bonds. The van der Waals surface area contributed by atoms with Gasteiger partial charge in [-0.05, 0) is 17.0 Å². The van der Waals surface area contributed by atoms with Crippen LogP contribution in [0, 0.1) is 0 Å². The molecule has 0 saturated carbocycles. The molecule has 3 aromatic heterocycles. The number of carbonyl (C=O) groups is 3. The van der Waals surface area contributed by atoms with Crippen molar-refractivity contribution in [2.75, 3.05) is 24.3 Å². The van der Waals surface area contributed by atoms with Crippen molar-refractivity contribution in [1.29, 1.82) is 0 Å². The van der Waals surface area contributed by atoms with E-state index in [4.69, 9.17) is 10.6 Å². The monoisotopic (exact) mass is 578 g/mol. The number of hydrogen-bond acceptors (Lipinski definition) is 13. The zero-order valence-electron chi connectivity index (χ0n) is 18.9. The van der Waals surface area contributed by atoms with Crippen molar-refractivity contribution in [1.82, 2.24) is 30.4 Å². The summed E-state index contributed by atoms with van der Waals surface area (Å²) in [6.45, 7) is 0. The summed E-state index contributed by atoms with van der Waals surface area (Å²) in [5.74, 6) is -1.15. The number of nitrogen functional groups attached to an aromatic ring is 1. The Bertz CT molecular complexity index is 1420. The Hall–Kier alpha value is -3.41. The molecule has 5 heterocycles. The third kappa shape index (κ3) is 4.94. The number of thioether (sulfide) groups is 2. The fourth-order valence-electron chi connectivity index (χ4n) is 3.69. The van der Waals surface area contributed by atoms with E-state index >= 15 is 0 Å². The minimum absolute atomic E-state index is 0.0848. The number of aromatic nitrogens is 4. The van der Waals surface area contributed by atoms with E-state index in [2.05, 4.69) is 30.6 Å². The maximum atomic E-state index is 13.0. The van der Waals surface area contributed by atoms with Crippen LogP contribution >= 0.6 is 46.2 Å². The molecule has 5 rings (SSSR count). The number of anilines is 1. The van der Waals surface area contributed by atoms with Crippen molar-refractivity contribution >= 4 is 74.8 Å². The number of aromatic amines is 1. The first kappa shape index (κ1) is 25.2. The minimum Gasteiger partial charge on any atom is -0.477 e. The van der Waals surface area contributed by atoms with Crippen LogP contribution in [-0.4, -0.2) is 83.7 Å². The van der Waals surface area contributed by atoms with Crippen LogP contribution < -0.4 is 11.1 Å². The lowest BCUT2D eigenvalue weighted by Crippen LogP contribution is -2.71. The van der Waals surface area contributed by atoms with Gasteiger partial charge in [0.05, 0.1) is 0 Å². The van der Waals surface area contributed by atoms with Gasteiger partial charge >= 0.3 is 5.97 Å². The number of H-pyrrole nitrogens is 1. The molecule has 192 valence electrons. The van der Waals surface area contributed by atoms with E-state index in [0.29, 0.717) is 28.1 Å². The Kier molecular flexibility index (Phi) is 7.18. The number of rotatable bonds is 9. The van der Waals surface area contributed by atoms with Crippen LogP contribution in [0.3, 0.4) is 0 Å². The lowest BCUT2D eigenvalue weighted by molar-refractivity contribution is -0.150. The van der Waals surface area contributed by atoms with Crippen molar-refractivity contribution in [3.8, 4) is 11.4 Å². The number of nitrogens with zero attached hydrogens (tertiary/aromatic N) is 5. The Balaban J connectivity index is 1.28. The van der Waals surface area contributed by atoms with E-state index in [9.17, 15) is 19.5 Å². The minimum atomic E-state index is -1.22. The number of thiazole rings is 1. The van der Waals surface area contributed by atoms with Gasteiger partial charge in [-0.1, -0.05) is 16.9 Å². The van der Waals surface area contributed by atoms with Crippen LogP contribution in [0.15, 0.2) is 43.8 Å². The molecule has 0 aliphatic carbocycles. The lowest BCUT2D eigenvalue weighted by Gasteiger charge is -2.49. The van der Waals surface area contributed by atoms with Gasteiger partial charge in [0.15, 0.2) is 16.7 Å². The molecule has 5 N–H and O–H groups in total. The van der Waals surface area contributed by atoms with E-state index in [1.54, 1.807) is 16.7 Å². The molecule has 0 bridgehead atoms. The van der Waals surface area contributed by atoms with Gasteiger partial charge in [0.1, 0.15) is 29.9 Å². The van der Waals surface area contributed by atoms with Crippen LogP contribution in [0.5, 0.6) is 0 Å². The molecule has 2 aliphatic heterocycles. The Morgan fingerprint density at radius 2 is 2.24 bits per heavy atom. The van der Waals surface area contributed by atoms with Crippen LogP contribution in [0.1, 0.15) is 5.69 Å². The van der Waals surface area contributed by atoms with Crippen molar-refractivity contribution in [2.45, 2.75) is 16.6 Å². The Morgan fingerprint density at radius 3 is 2.92 bits per heavy atom. The zero-order chi connectivity index (χ0) is 26.1. The topological polar surface area (TPSA) is 189 Å². The third-order valence-corrected chi connectivity index (χ3v) is 8.96. The van der Waals surface area contributed by atoms with Crippen LogP contribution in [0.2, 0.25) is 0 Å². The van der Waals surface area contributed by atoms with Gasteiger partial charge in [0.2, 0.25) is 5.16 Å². The number of carboxylic acid groups (broad SMARTS) is 1. The molecular formula is C20H18N8O5S4. The second-order valence-corrected chi connectivity index (χ2v) is 11.3. The summed E-state index contributed by atoms with van der Waals surface area (Å²) in [4.78, 5) is 52.4. The highest BCUT2D eigenvalue weighted by Crippen LogP contribution is 2.41. The van der Waals surface area contributed by atoms with Gasteiger partial charge < -0.3 is 21.0 Å². The van der Waals surface area contributed by atoms with Crippen molar-refractivity contribution in [3.05, 3.63) is 39.2 Å². The summed E-state index contributed by atoms with van der Waals surface area (Å²) in [5.41, 5.74) is 7.12. The summed E-state index contributed by atoms with van der Waals surface area (Å²) in [6.07, 6.45) is 0. The molecule has 0 spiro atoms. The van der Waals surface area contributed by atoms with Gasteiger partial charge in [-0.2, -0.15) is 11.3 Å². The molecule has 2 aliphatic rings. The Labute approximate surface area is 225 Å². The second kappa shape index (κ2) is 10.5. The largest absolute Gasteiger partial charge is 0.477 e. The fraction of sp³-hybridized carbons (Fsp3) is 0.250. The predicted octanol–water partition coefficient (Wildman–Crippen LogP) is 1.45. The SMILES string of the molecule is CON=C(C(=O)N[C@@H]1C(=O)N2C(C(=O)O)=C(CSc3n[nH]c(-c4ccsc4)n3)CS[C@@H]12)c1csc(N)n1. The number of thiophene rings is 1. The number of nitrogens with one attached hydrogen (secondary N) is 2. The molecule has 17 heteroatoms. The standard InChI is InChI=1S/C20H18N8O5S4/c1-33-27-11(10-7-36-19(21)22-10)15(29)23-12-16(30)28-13(18(31)32)9(5-35-17(12)28)6-37-20-24-14(25-26-20)8-2-3-34-4-8/h2-4,7,12,17H,5-6H2,1H3,(H2,21,22)(H,23,29)(H,31,32)(H,24,25,26)/t12-,17+/m1/s1. The fourth-order valence-corrected chi connectivity index (χ4v) is 7.16. The third-order valence-electron chi connectivity index (χ3n) is 5.33. The number of oxime groups is 1. The average molecular weight is 579 g/mol. The maximum Gasteiger partial charge on any atom is 0.352 e. The van der Waals surface area contributed by atoms with Crippen molar-refractivity contribution in [2.24, 2.45) is 5.16 Å². The number of β-lactam (4-membered cyclic amide) rings is 1. The van der Waals surface area contributed by atoms with Gasteiger partial charge in [0, 0.05) is 27.8 Å². The number of nitrogens with two attached hydrogens (primary N) is 1. The Morgan fingerprint density at radius 1 is 1.41 bits per heavy atom. The summed E-state index contributed by atoms with van der Waals surface area (Å²) in [7, 11) is 1.28. The average Bonchev–Trinajstić information content (AvgIpc) is 3.65. The van der Waals surface area contributed by atoms with Crippen LogP contribution in [0.4, 0.5) is 5.13 Å². The van der Waals surface area contributed by atoms with E-state index in [1.165, 1.54) is 35.5 Å². The summed E-state index contributed by atoms with van der Waals surface area (Å²) < 4.78 is 0. The summed E-state index contributed by atoms with van der Waals surface area (Å²) in [6, 6.07) is 0.990. The van der Waals surface area contributed by atoms with E-state index in [1.807, 2.05) is 16.8 Å². The molecule has 2 atom stereocenters. The molecule has 3 aromatic rings. The highest BCUT2D eigenvalue weighted by molar-refractivity contribution is 8.01. The van der Waals surface area contributed by atoms with Crippen LogP contribution in [-0.2, 0) is 19.2 Å². The quantitative estimate of drug-likeness (QED) is 0.124. The number of hydrogen-bond donors (Lipinski definition) is 4. The molecule has 0 radical (unpaired) electrons. The number of carbonyl (C=O) groups excluding carboxylic acids is 2. The van der Waals surface area contributed by atoms with Crippen molar-refractivity contribution in [3.63, 3.8) is 0 Å². The number of fused-ring (bicyclic) bond motifs is 1. The van der Waals surface area contributed by atoms with E-state index in [-0.39, 0.29) is 22.2 Å². The normalized spacial score (nSPS) is 19.4. The summed E-state index contributed by atoms with van der Waals surface area (Å²) >= 11 is 5.31. The molecule has 37 heavy (non-hydrogen) atoms. The number of carboxylic acids is 1. The van der Waals surface area contributed by atoms with Gasteiger partial charge in [-0.3, -0.25) is 19.6 Å². The highest BCUT2D eigenvalue weighted by Gasteiger charge is 2.54.